The van der Waals surface area contributed by atoms with E-state index < -0.39 is 10.8 Å². The molecule has 5 rings (SSSR count). The van der Waals surface area contributed by atoms with E-state index in [-0.39, 0.29) is 29.5 Å². The molecule has 0 bridgehead atoms. The fraction of sp³-hybridized carbons (Fsp3) is 0.214. The number of carbonyl (C=O) groups is 2. The molecule has 3 aromatic carbocycles. The normalized spacial score (nSPS) is 12.2. The van der Waals surface area contributed by atoms with Crippen molar-refractivity contribution in [3.8, 4) is 11.4 Å². The number of non-ortho nitro benzene ring substituents is 1. The number of para-hydroxylation sites is 1. The van der Waals surface area contributed by atoms with Crippen LogP contribution >= 0.6 is 11.8 Å². The Balaban J connectivity index is 1.34. The minimum atomic E-state index is -0.520. The third kappa shape index (κ3) is 5.81. The van der Waals surface area contributed by atoms with E-state index in [1.165, 1.54) is 36.0 Å². The Morgan fingerprint density at radius 3 is 2.52 bits per heavy atom. The second-order valence-electron chi connectivity index (χ2n) is 8.86. The first kappa shape index (κ1) is 26.9. The lowest BCUT2D eigenvalue weighted by Gasteiger charge is -2.17. The van der Waals surface area contributed by atoms with Gasteiger partial charge in [0.05, 0.1) is 23.8 Å². The molecule has 0 fully saturated rings. The van der Waals surface area contributed by atoms with Gasteiger partial charge >= 0.3 is 0 Å². The van der Waals surface area contributed by atoms with Gasteiger partial charge in [-0.2, -0.15) is 0 Å². The number of nitro groups is 1. The highest BCUT2D eigenvalue weighted by Crippen LogP contribution is 2.30. The molecule has 12 heteroatoms. The average Bonchev–Trinajstić information content (AvgIpc) is 3.59. The summed E-state index contributed by atoms with van der Waals surface area (Å²) in [6.07, 6.45) is 0.827. The van der Waals surface area contributed by atoms with Crippen LogP contribution in [0.1, 0.15) is 28.7 Å². The number of benzene rings is 3. The first-order valence-electron chi connectivity index (χ1n) is 12.7. The number of thioether (sulfide) groups is 1. The Hall–Kier alpha value is -4.71. The Labute approximate surface area is 234 Å². The first-order valence-corrected chi connectivity index (χ1v) is 13.6. The van der Waals surface area contributed by atoms with Gasteiger partial charge in [-0.05, 0) is 61.4 Å². The van der Waals surface area contributed by atoms with Gasteiger partial charge in [-0.25, -0.2) is 0 Å². The van der Waals surface area contributed by atoms with Crippen molar-refractivity contribution in [2.75, 3.05) is 23.8 Å². The molecular weight excluding hydrogens is 532 g/mol. The number of nitrogens with one attached hydrogen (secondary N) is 1. The summed E-state index contributed by atoms with van der Waals surface area (Å²) in [6.45, 7) is 3.13. The zero-order chi connectivity index (χ0) is 28.1. The molecule has 0 saturated heterocycles. The number of amides is 2. The second kappa shape index (κ2) is 12.0. The number of nitro benzene ring substituents is 1. The van der Waals surface area contributed by atoms with E-state index in [0.29, 0.717) is 29.9 Å². The van der Waals surface area contributed by atoms with E-state index in [2.05, 4.69) is 15.5 Å². The summed E-state index contributed by atoms with van der Waals surface area (Å²) < 4.78 is 7.35. The third-order valence-electron chi connectivity index (χ3n) is 6.37. The predicted octanol–water partition coefficient (Wildman–Crippen LogP) is 4.19. The summed E-state index contributed by atoms with van der Waals surface area (Å²) in [4.78, 5) is 38.0. The molecule has 1 N–H and O–H groups in total. The van der Waals surface area contributed by atoms with Gasteiger partial charge in [0, 0.05) is 35.6 Å². The third-order valence-corrected chi connectivity index (χ3v) is 7.28. The van der Waals surface area contributed by atoms with Crippen LogP contribution in [-0.4, -0.2) is 50.4 Å². The molecule has 40 heavy (non-hydrogen) atoms. The highest BCUT2D eigenvalue weighted by molar-refractivity contribution is 7.99. The summed E-state index contributed by atoms with van der Waals surface area (Å²) in [7, 11) is 0. The molecule has 2 amide bonds. The van der Waals surface area contributed by atoms with Gasteiger partial charge < -0.3 is 15.0 Å². The summed E-state index contributed by atoms with van der Waals surface area (Å²) in [6, 6.07) is 20.6. The average molecular weight is 559 g/mol. The quantitative estimate of drug-likeness (QED) is 0.174. The minimum Gasteiger partial charge on any atom is -0.494 e. The van der Waals surface area contributed by atoms with E-state index in [9.17, 15) is 19.7 Å². The maximum Gasteiger partial charge on any atom is 0.269 e. The standard InChI is InChI=1S/C28H26N6O5S/c1-2-39-23-13-11-21(12-14-23)33-25(17-29-27(36)20-7-9-22(10-8-20)34(37)38)30-31-28(33)40-18-26(35)32-16-15-19-5-3-4-6-24(19)32/h3-14H,2,15-18H2,1H3,(H,29,36). The monoisotopic (exact) mass is 558 g/mol. The van der Waals surface area contributed by atoms with Crippen LogP contribution in [0.3, 0.4) is 0 Å². The smallest absolute Gasteiger partial charge is 0.269 e. The van der Waals surface area contributed by atoms with Gasteiger partial charge in [-0.3, -0.25) is 24.3 Å². The Morgan fingerprint density at radius 1 is 1.05 bits per heavy atom. The van der Waals surface area contributed by atoms with Gasteiger partial charge in [-0.1, -0.05) is 30.0 Å². The van der Waals surface area contributed by atoms with E-state index >= 15 is 0 Å². The molecule has 0 spiro atoms. The highest BCUT2D eigenvalue weighted by atomic mass is 32.2. The number of anilines is 1. The van der Waals surface area contributed by atoms with Crippen LogP contribution in [0.15, 0.2) is 78.0 Å². The van der Waals surface area contributed by atoms with Crippen molar-refractivity contribution in [3.63, 3.8) is 0 Å². The Bertz CT molecular complexity index is 1540. The van der Waals surface area contributed by atoms with Crippen molar-refractivity contribution >= 4 is 35.0 Å². The largest absolute Gasteiger partial charge is 0.494 e. The van der Waals surface area contributed by atoms with Gasteiger partial charge in [0.15, 0.2) is 11.0 Å². The summed E-state index contributed by atoms with van der Waals surface area (Å²) in [5, 5.41) is 22.8. The minimum absolute atomic E-state index is 0.0239. The van der Waals surface area contributed by atoms with Crippen molar-refractivity contribution < 1.29 is 19.2 Å². The molecule has 0 aliphatic carbocycles. The molecule has 11 nitrogen and oxygen atoms in total. The summed E-state index contributed by atoms with van der Waals surface area (Å²) >= 11 is 1.27. The predicted molar refractivity (Wildman–Crippen MR) is 150 cm³/mol. The number of hydrogen-bond donors (Lipinski definition) is 1. The fourth-order valence-electron chi connectivity index (χ4n) is 4.42. The molecule has 2 heterocycles. The van der Waals surface area contributed by atoms with Crippen molar-refractivity contribution in [1.29, 1.82) is 0 Å². The Morgan fingerprint density at radius 2 is 1.80 bits per heavy atom. The number of fused-ring (bicyclic) bond motifs is 1. The first-order chi connectivity index (χ1) is 19.4. The van der Waals surface area contributed by atoms with E-state index in [1.54, 1.807) is 9.47 Å². The molecule has 4 aromatic rings. The van der Waals surface area contributed by atoms with Crippen molar-refractivity contribution in [2.45, 2.75) is 25.0 Å². The van der Waals surface area contributed by atoms with Crippen LogP contribution in [0.2, 0.25) is 0 Å². The van der Waals surface area contributed by atoms with E-state index in [4.69, 9.17) is 4.74 Å². The van der Waals surface area contributed by atoms with Crippen LogP contribution < -0.4 is 15.0 Å². The van der Waals surface area contributed by atoms with Crippen LogP contribution in [0.4, 0.5) is 11.4 Å². The van der Waals surface area contributed by atoms with Crippen molar-refractivity contribution in [2.24, 2.45) is 0 Å². The lowest BCUT2D eigenvalue weighted by Crippen LogP contribution is -2.30. The molecule has 1 aromatic heterocycles. The highest BCUT2D eigenvalue weighted by Gasteiger charge is 2.25. The number of aromatic nitrogens is 3. The lowest BCUT2D eigenvalue weighted by molar-refractivity contribution is -0.384. The number of rotatable bonds is 10. The maximum atomic E-state index is 13.1. The van der Waals surface area contributed by atoms with Gasteiger partial charge in [0.1, 0.15) is 5.75 Å². The van der Waals surface area contributed by atoms with Crippen LogP contribution in [-0.2, 0) is 17.8 Å². The second-order valence-corrected chi connectivity index (χ2v) is 9.80. The molecule has 0 atom stereocenters. The molecule has 0 unspecified atom stereocenters. The van der Waals surface area contributed by atoms with E-state index in [0.717, 1.165) is 23.4 Å². The number of hydrogen-bond acceptors (Lipinski definition) is 8. The zero-order valence-electron chi connectivity index (χ0n) is 21.6. The molecule has 1 aliphatic rings. The Kier molecular flexibility index (Phi) is 8.06. The zero-order valence-corrected chi connectivity index (χ0v) is 22.5. The maximum absolute atomic E-state index is 13.1. The van der Waals surface area contributed by atoms with Crippen molar-refractivity contribution in [3.05, 3.63) is 99.9 Å². The van der Waals surface area contributed by atoms with Crippen LogP contribution in [0.5, 0.6) is 5.75 Å². The molecule has 204 valence electrons. The lowest BCUT2D eigenvalue weighted by atomic mass is 10.2. The van der Waals surface area contributed by atoms with Gasteiger partial charge in [0.2, 0.25) is 5.91 Å². The van der Waals surface area contributed by atoms with Gasteiger partial charge in [0.25, 0.3) is 11.6 Å². The number of nitrogens with zero attached hydrogens (tertiary/aromatic N) is 5. The number of ether oxygens (including phenoxy) is 1. The van der Waals surface area contributed by atoms with Crippen molar-refractivity contribution in [1.82, 2.24) is 20.1 Å². The number of carbonyl (C=O) groups excluding carboxylic acids is 2. The fourth-order valence-corrected chi connectivity index (χ4v) is 5.27. The SMILES string of the molecule is CCOc1ccc(-n2c(CNC(=O)c3ccc([N+](=O)[O-])cc3)nnc2SCC(=O)N2CCc3ccccc32)cc1. The topological polar surface area (TPSA) is 132 Å². The van der Waals surface area contributed by atoms with Crippen LogP contribution in [0, 0.1) is 10.1 Å². The molecule has 1 aliphatic heterocycles. The summed E-state index contributed by atoms with van der Waals surface area (Å²) in [5.74, 6) is 0.904. The molecule has 0 saturated carbocycles. The molecular formula is C28H26N6O5S. The summed E-state index contributed by atoms with van der Waals surface area (Å²) in [5.41, 5.74) is 3.03. The van der Waals surface area contributed by atoms with Gasteiger partial charge in [-0.15, -0.1) is 10.2 Å². The molecule has 0 radical (unpaired) electrons. The van der Waals surface area contributed by atoms with E-state index in [1.807, 2.05) is 55.5 Å². The van der Waals surface area contributed by atoms with Crippen LogP contribution in [0.25, 0.3) is 5.69 Å².